The second-order valence-electron chi connectivity index (χ2n) is 7.10. The number of hydrogen-bond donors (Lipinski definition) is 3. The van der Waals surface area contributed by atoms with Gasteiger partial charge in [0, 0.05) is 17.6 Å². The number of benzene rings is 2. The molecule has 2 aromatic heterocycles. The van der Waals surface area contributed by atoms with Crippen molar-refractivity contribution in [3.63, 3.8) is 0 Å². The van der Waals surface area contributed by atoms with Gasteiger partial charge in [-0.1, -0.05) is 23.7 Å². The lowest BCUT2D eigenvalue weighted by molar-refractivity contribution is 0.0963. The van der Waals surface area contributed by atoms with Crippen LogP contribution in [0.15, 0.2) is 43.0 Å². The van der Waals surface area contributed by atoms with Crippen LogP contribution in [-0.2, 0) is 0 Å². The van der Waals surface area contributed by atoms with Gasteiger partial charge in [-0.15, -0.1) is 0 Å². The first kappa shape index (κ1) is 20.7. The summed E-state index contributed by atoms with van der Waals surface area (Å²) in [5.41, 5.74) is 4.13. The van der Waals surface area contributed by atoms with Crippen molar-refractivity contribution >= 4 is 34.5 Å². The smallest absolute Gasteiger partial charge is 0.251 e. The second-order valence-corrected chi connectivity index (χ2v) is 7.51. The molecule has 0 aliphatic carbocycles. The van der Waals surface area contributed by atoms with Gasteiger partial charge in [-0.3, -0.25) is 4.79 Å². The molecule has 4 rings (SSSR count). The number of anilines is 1. The van der Waals surface area contributed by atoms with Gasteiger partial charge in [0.2, 0.25) is 0 Å². The molecule has 4 aromatic rings. The van der Waals surface area contributed by atoms with Gasteiger partial charge in [0.25, 0.3) is 5.91 Å². The number of nitrogens with one attached hydrogen (secondary N) is 3. The van der Waals surface area contributed by atoms with E-state index < -0.39 is 5.82 Å². The molecular formula is C22H20ClFN6O. The Bertz CT molecular complexity index is 1290. The Hall–Kier alpha value is -3.52. The molecular weight excluding hydrogens is 419 g/mol. The maximum atomic E-state index is 14.1. The highest BCUT2D eigenvalue weighted by atomic mass is 35.5. The number of amides is 1. The molecule has 2 aromatic carbocycles. The standard InChI is InChI=1S/C22H20ClFN6O/c1-11-16(23)8-15(12(2)30-21-19-20(27-9-26-19)28-10-29-21)18(17(11)22(31)25-3)13-5-4-6-14(24)7-13/h4-10,12H,1-3H3,(H,25,31)(H2,26,27,28,29,30). The van der Waals surface area contributed by atoms with Crippen LogP contribution in [0, 0.1) is 12.7 Å². The zero-order valence-corrected chi connectivity index (χ0v) is 17.9. The molecule has 7 nitrogen and oxygen atoms in total. The van der Waals surface area contributed by atoms with Crippen LogP contribution < -0.4 is 10.6 Å². The largest absolute Gasteiger partial charge is 0.362 e. The zero-order chi connectivity index (χ0) is 22.1. The summed E-state index contributed by atoms with van der Waals surface area (Å²) in [6.45, 7) is 3.69. The Morgan fingerprint density at radius 1 is 1.23 bits per heavy atom. The minimum absolute atomic E-state index is 0.300. The molecule has 0 aliphatic heterocycles. The molecule has 0 spiro atoms. The Morgan fingerprint density at radius 3 is 2.77 bits per heavy atom. The number of hydrogen-bond acceptors (Lipinski definition) is 5. The number of carbonyl (C=O) groups is 1. The molecule has 0 bridgehead atoms. The summed E-state index contributed by atoms with van der Waals surface area (Å²) in [4.78, 5) is 28.4. The van der Waals surface area contributed by atoms with Crippen molar-refractivity contribution in [1.82, 2.24) is 25.3 Å². The van der Waals surface area contributed by atoms with Gasteiger partial charge < -0.3 is 15.6 Å². The lowest BCUT2D eigenvalue weighted by atomic mass is 9.88. The predicted octanol–water partition coefficient (Wildman–Crippen LogP) is 4.65. The van der Waals surface area contributed by atoms with Gasteiger partial charge in [-0.25, -0.2) is 19.3 Å². The Kier molecular flexibility index (Phi) is 5.56. The van der Waals surface area contributed by atoms with Gasteiger partial charge in [-0.05, 0) is 48.7 Å². The molecule has 1 amide bonds. The van der Waals surface area contributed by atoms with E-state index >= 15 is 0 Å². The number of halogens is 2. The zero-order valence-electron chi connectivity index (χ0n) is 17.1. The minimum atomic E-state index is -0.394. The maximum absolute atomic E-state index is 14.1. The van der Waals surface area contributed by atoms with Crippen LogP contribution in [-0.4, -0.2) is 32.9 Å². The van der Waals surface area contributed by atoms with Gasteiger partial charge in [0.1, 0.15) is 17.7 Å². The van der Waals surface area contributed by atoms with Crippen molar-refractivity contribution in [2.75, 3.05) is 12.4 Å². The number of H-pyrrole nitrogens is 1. The van der Waals surface area contributed by atoms with Crippen LogP contribution in [0.25, 0.3) is 22.3 Å². The van der Waals surface area contributed by atoms with E-state index in [2.05, 4.69) is 30.6 Å². The van der Waals surface area contributed by atoms with Crippen LogP contribution in [0.4, 0.5) is 10.2 Å². The topological polar surface area (TPSA) is 95.6 Å². The van der Waals surface area contributed by atoms with Crippen molar-refractivity contribution in [3.05, 3.63) is 70.5 Å². The molecule has 2 heterocycles. The van der Waals surface area contributed by atoms with E-state index in [0.717, 1.165) is 5.56 Å². The molecule has 3 N–H and O–H groups in total. The van der Waals surface area contributed by atoms with Crippen LogP contribution >= 0.6 is 11.6 Å². The van der Waals surface area contributed by atoms with Crippen molar-refractivity contribution in [1.29, 1.82) is 0 Å². The lowest BCUT2D eigenvalue weighted by Gasteiger charge is -2.23. The molecule has 0 aliphatic rings. The molecule has 31 heavy (non-hydrogen) atoms. The fourth-order valence-corrected chi connectivity index (χ4v) is 3.84. The predicted molar refractivity (Wildman–Crippen MR) is 119 cm³/mol. The molecule has 1 atom stereocenters. The lowest BCUT2D eigenvalue weighted by Crippen LogP contribution is -2.22. The summed E-state index contributed by atoms with van der Waals surface area (Å²) in [6.07, 6.45) is 2.96. The monoisotopic (exact) mass is 438 g/mol. The van der Waals surface area contributed by atoms with Crippen molar-refractivity contribution in [2.45, 2.75) is 19.9 Å². The van der Waals surface area contributed by atoms with E-state index in [0.29, 0.717) is 44.3 Å². The highest BCUT2D eigenvalue weighted by Gasteiger charge is 2.24. The van der Waals surface area contributed by atoms with Gasteiger partial charge in [0.05, 0.1) is 17.9 Å². The number of rotatable bonds is 5. The first-order chi connectivity index (χ1) is 14.9. The first-order valence-corrected chi connectivity index (χ1v) is 10.00. The number of fused-ring (bicyclic) bond motifs is 1. The van der Waals surface area contributed by atoms with Crippen LogP contribution in [0.3, 0.4) is 0 Å². The van der Waals surface area contributed by atoms with Crippen molar-refractivity contribution < 1.29 is 9.18 Å². The van der Waals surface area contributed by atoms with Gasteiger partial charge >= 0.3 is 0 Å². The SMILES string of the molecule is CNC(=O)c1c(C)c(Cl)cc(C(C)Nc2ncnc3nc[nH]c23)c1-c1cccc(F)c1. The van der Waals surface area contributed by atoms with Gasteiger partial charge in [0.15, 0.2) is 11.5 Å². The van der Waals surface area contributed by atoms with Gasteiger partial charge in [-0.2, -0.15) is 0 Å². The van der Waals surface area contributed by atoms with E-state index in [4.69, 9.17) is 11.6 Å². The van der Waals surface area contributed by atoms with Crippen LogP contribution in [0.5, 0.6) is 0 Å². The van der Waals surface area contributed by atoms with E-state index in [9.17, 15) is 9.18 Å². The van der Waals surface area contributed by atoms with E-state index in [1.165, 1.54) is 18.5 Å². The Morgan fingerprint density at radius 2 is 2.03 bits per heavy atom. The molecule has 0 saturated heterocycles. The van der Waals surface area contributed by atoms with E-state index in [1.54, 1.807) is 38.5 Å². The van der Waals surface area contributed by atoms with E-state index in [1.807, 2.05) is 6.92 Å². The summed E-state index contributed by atoms with van der Waals surface area (Å²) in [5, 5.41) is 6.44. The van der Waals surface area contributed by atoms with Crippen molar-refractivity contribution in [2.24, 2.45) is 0 Å². The highest BCUT2D eigenvalue weighted by Crippen LogP contribution is 2.38. The second kappa shape index (κ2) is 8.31. The summed E-state index contributed by atoms with van der Waals surface area (Å²) in [7, 11) is 1.55. The molecule has 1 unspecified atom stereocenters. The molecule has 0 fully saturated rings. The minimum Gasteiger partial charge on any atom is -0.362 e. The van der Waals surface area contributed by atoms with E-state index in [-0.39, 0.29) is 11.9 Å². The fraction of sp³-hybridized carbons (Fsp3) is 0.182. The average Bonchev–Trinajstić information content (AvgIpc) is 3.24. The quantitative estimate of drug-likeness (QED) is 0.421. The van der Waals surface area contributed by atoms with Crippen LogP contribution in [0.2, 0.25) is 5.02 Å². The summed E-state index contributed by atoms with van der Waals surface area (Å²) in [5.74, 6) is -0.140. The molecule has 0 saturated carbocycles. The summed E-state index contributed by atoms with van der Waals surface area (Å²) < 4.78 is 14.1. The third-order valence-corrected chi connectivity index (χ3v) is 5.56. The highest BCUT2D eigenvalue weighted by molar-refractivity contribution is 6.32. The average molecular weight is 439 g/mol. The Labute approximate surface area is 183 Å². The summed E-state index contributed by atoms with van der Waals surface area (Å²) in [6, 6.07) is 7.62. The number of carbonyl (C=O) groups excluding carboxylic acids is 1. The maximum Gasteiger partial charge on any atom is 0.251 e. The number of aromatic amines is 1. The number of imidazole rings is 1. The summed E-state index contributed by atoms with van der Waals surface area (Å²) >= 11 is 6.51. The third-order valence-electron chi connectivity index (χ3n) is 5.16. The molecule has 158 valence electrons. The third kappa shape index (κ3) is 3.82. The number of nitrogens with zero attached hydrogens (tertiary/aromatic N) is 3. The number of aromatic nitrogens is 4. The Balaban J connectivity index is 1.91. The first-order valence-electron chi connectivity index (χ1n) is 9.62. The van der Waals surface area contributed by atoms with Crippen molar-refractivity contribution in [3.8, 4) is 11.1 Å². The fourth-order valence-electron chi connectivity index (χ4n) is 3.63. The van der Waals surface area contributed by atoms with Crippen LogP contribution in [0.1, 0.15) is 34.5 Å². The normalized spacial score (nSPS) is 12.0. The molecule has 0 radical (unpaired) electrons. The molecule has 9 heteroatoms.